The average molecular weight is 197 g/mol. The van der Waals surface area contributed by atoms with Gasteiger partial charge < -0.3 is 10.0 Å². The van der Waals surface area contributed by atoms with Gasteiger partial charge in [-0.05, 0) is 44.6 Å². The number of rotatable bonds is 4. The average Bonchev–Trinajstić information content (AvgIpc) is 2.70. The molecule has 80 valence electrons. The third-order valence-electron chi connectivity index (χ3n) is 3.71. The van der Waals surface area contributed by atoms with Crippen molar-refractivity contribution in [3.05, 3.63) is 0 Å². The van der Waals surface area contributed by atoms with Gasteiger partial charge in [-0.25, -0.2) is 0 Å². The number of carbonyl (C=O) groups is 1. The van der Waals surface area contributed by atoms with Gasteiger partial charge in [-0.15, -0.1) is 0 Å². The van der Waals surface area contributed by atoms with Crippen molar-refractivity contribution in [2.24, 2.45) is 5.41 Å². The van der Waals surface area contributed by atoms with Gasteiger partial charge in [0.25, 0.3) is 0 Å². The molecule has 0 amide bonds. The molecule has 0 radical (unpaired) electrons. The van der Waals surface area contributed by atoms with Crippen LogP contribution in [-0.4, -0.2) is 35.1 Å². The minimum Gasteiger partial charge on any atom is -0.481 e. The number of hydrogen-bond donors (Lipinski definition) is 1. The minimum atomic E-state index is -0.630. The number of hydrogen-bond acceptors (Lipinski definition) is 2. The van der Waals surface area contributed by atoms with E-state index in [4.69, 9.17) is 5.11 Å². The first kappa shape index (κ1) is 9.97. The van der Waals surface area contributed by atoms with Crippen LogP contribution in [0.5, 0.6) is 0 Å². The molecule has 2 fully saturated rings. The van der Waals surface area contributed by atoms with Gasteiger partial charge in [0.15, 0.2) is 0 Å². The van der Waals surface area contributed by atoms with Crippen LogP contribution in [0.4, 0.5) is 0 Å². The van der Waals surface area contributed by atoms with E-state index in [1.165, 1.54) is 19.4 Å². The number of likely N-dealkylation sites (tertiary alicyclic amines) is 1. The second kappa shape index (κ2) is 3.54. The normalized spacial score (nSPS) is 30.5. The Morgan fingerprint density at radius 3 is 2.71 bits per heavy atom. The molecule has 2 aliphatic rings. The molecular weight excluding hydrogens is 178 g/mol. The molecule has 1 aliphatic carbocycles. The molecule has 1 atom stereocenters. The van der Waals surface area contributed by atoms with Crippen LogP contribution in [0.15, 0.2) is 0 Å². The molecule has 1 saturated carbocycles. The van der Waals surface area contributed by atoms with Crippen LogP contribution in [0, 0.1) is 5.41 Å². The molecule has 0 bridgehead atoms. The highest BCUT2D eigenvalue weighted by molar-refractivity contribution is 5.68. The van der Waals surface area contributed by atoms with Crippen molar-refractivity contribution in [3.8, 4) is 0 Å². The predicted octanol–water partition coefficient (Wildman–Crippen LogP) is 1.73. The van der Waals surface area contributed by atoms with Gasteiger partial charge in [0.2, 0.25) is 0 Å². The molecule has 1 saturated heterocycles. The lowest BCUT2D eigenvalue weighted by Crippen LogP contribution is -2.34. The summed E-state index contributed by atoms with van der Waals surface area (Å²) in [6.45, 7) is 4.44. The lowest BCUT2D eigenvalue weighted by Gasteiger charge is -2.25. The molecule has 3 nitrogen and oxygen atoms in total. The van der Waals surface area contributed by atoms with Crippen molar-refractivity contribution in [1.29, 1.82) is 0 Å². The fourth-order valence-corrected chi connectivity index (χ4v) is 2.55. The Balaban J connectivity index is 1.87. The van der Waals surface area contributed by atoms with Crippen LogP contribution < -0.4 is 0 Å². The monoisotopic (exact) mass is 197 g/mol. The van der Waals surface area contributed by atoms with Crippen LogP contribution in [0.1, 0.15) is 39.0 Å². The fraction of sp³-hybridized carbons (Fsp3) is 0.909. The summed E-state index contributed by atoms with van der Waals surface area (Å²) in [6, 6.07) is 0.668. The summed E-state index contributed by atoms with van der Waals surface area (Å²) in [6.07, 6.45) is 5.16. The predicted molar refractivity (Wildman–Crippen MR) is 54.2 cm³/mol. The van der Waals surface area contributed by atoms with Crippen LogP contribution in [-0.2, 0) is 4.79 Å². The maximum Gasteiger partial charge on any atom is 0.303 e. The maximum atomic E-state index is 10.7. The molecule has 3 heteroatoms. The standard InChI is InChI=1S/C11H19NO2/c1-9-3-2-6-12(9)8-11(4-5-11)7-10(13)14/h9H,2-8H2,1H3,(H,13,14). The zero-order chi connectivity index (χ0) is 10.2. The first-order valence-corrected chi connectivity index (χ1v) is 5.57. The van der Waals surface area contributed by atoms with Gasteiger partial charge in [-0.3, -0.25) is 4.79 Å². The van der Waals surface area contributed by atoms with Gasteiger partial charge in [0.05, 0.1) is 6.42 Å². The SMILES string of the molecule is CC1CCCN1CC1(CC(=O)O)CC1. The lowest BCUT2D eigenvalue weighted by atomic mass is 10.0. The van der Waals surface area contributed by atoms with E-state index in [1.54, 1.807) is 0 Å². The van der Waals surface area contributed by atoms with Gasteiger partial charge in [0.1, 0.15) is 0 Å². The third-order valence-corrected chi connectivity index (χ3v) is 3.71. The first-order chi connectivity index (χ1) is 6.61. The third kappa shape index (κ3) is 2.08. The summed E-state index contributed by atoms with van der Waals surface area (Å²) >= 11 is 0. The van der Waals surface area contributed by atoms with E-state index in [1.807, 2.05) is 0 Å². The van der Waals surface area contributed by atoms with Gasteiger partial charge in [-0.1, -0.05) is 0 Å². The Morgan fingerprint density at radius 2 is 2.29 bits per heavy atom. The van der Waals surface area contributed by atoms with E-state index < -0.39 is 5.97 Å². The summed E-state index contributed by atoms with van der Waals surface area (Å²) < 4.78 is 0. The highest BCUT2D eigenvalue weighted by Gasteiger charge is 2.46. The molecule has 0 aromatic rings. The number of carboxylic acids is 1. The summed E-state index contributed by atoms with van der Waals surface area (Å²) in [5, 5.41) is 8.81. The van der Waals surface area contributed by atoms with Crippen LogP contribution in [0.3, 0.4) is 0 Å². The topological polar surface area (TPSA) is 40.5 Å². The molecule has 1 aliphatic heterocycles. The molecule has 0 spiro atoms. The zero-order valence-corrected chi connectivity index (χ0v) is 8.83. The largest absolute Gasteiger partial charge is 0.481 e. The number of nitrogens with zero attached hydrogens (tertiary/aromatic N) is 1. The van der Waals surface area contributed by atoms with Crippen molar-refractivity contribution in [2.45, 2.75) is 45.1 Å². The molecule has 1 N–H and O–H groups in total. The first-order valence-electron chi connectivity index (χ1n) is 5.57. The molecular formula is C11H19NO2. The minimum absolute atomic E-state index is 0.143. The smallest absolute Gasteiger partial charge is 0.303 e. The summed E-state index contributed by atoms with van der Waals surface area (Å²) in [7, 11) is 0. The second-order valence-corrected chi connectivity index (χ2v) is 5.03. The second-order valence-electron chi connectivity index (χ2n) is 5.03. The maximum absolute atomic E-state index is 10.7. The van der Waals surface area contributed by atoms with Crippen molar-refractivity contribution >= 4 is 5.97 Å². The van der Waals surface area contributed by atoms with E-state index in [0.29, 0.717) is 12.5 Å². The van der Waals surface area contributed by atoms with Crippen LogP contribution >= 0.6 is 0 Å². The number of carboxylic acid groups (broad SMARTS) is 1. The van der Waals surface area contributed by atoms with Crippen LogP contribution in [0.25, 0.3) is 0 Å². The summed E-state index contributed by atoms with van der Waals surface area (Å²) in [5.74, 6) is -0.630. The lowest BCUT2D eigenvalue weighted by molar-refractivity contribution is -0.138. The Bertz CT molecular complexity index is 235. The Morgan fingerprint density at radius 1 is 1.57 bits per heavy atom. The summed E-state index contributed by atoms with van der Waals surface area (Å²) in [5.41, 5.74) is 0.143. The Labute approximate surface area is 85.1 Å². The molecule has 1 unspecified atom stereocenters. The Hall–Kier alpha value is -0.570. The fourth-order valence-electron chi connectivity index (χ4n) is 2.55. The van der Waals surface area contributed by atoms with E-state index in [9.17, 15) is 4.79 Å². The number of aliphatic carboxylic acids is 1. The molecule has 2 rings (SSSR count). The van der Waals surface area contributed by atoms with Crippen molar-refractivity contribution in [1.82, 2.24) is 4.90 Å². The van der Waals surface area contributed by atoms with Gasteiger partial charge in [0, 0.05) is 12.6 Å². The quantitative estimate of drug-likeness (QED) is 0.746. The van der Waals surface area contributed by atoms with E-state index in [0.717, 1.165) is 19.4 Å². The molecule has 14 heavy (non-hydrogen) atoms. The Kier molecular flexibility index (Phi) is 2.52. The van der Waals surface area contributed by atoms with E-state index in [2.05, 4.69) is 11.8 Å². The highest BCUT2D eigenvalue weighted by atomic mass is 16.4. The van der Waals surface area contributed by atoms with E-state index in [-0.39, 0.29) is 5.41 Å². The summed E-state index contributed by atoms with van der Waals surface area (Å²) in [4.78, 5) is 13.2. The van der Waals surface area contributed by atoms with Gasteiger partial charge in [-0.2, -0.15) is 0 Å². The van der Waals surface area contributed by atoms with Crippen molar-refractivity contribution in [3.63, 3.8) is 0 Å². The van der Waals surface area contributed by atoms with Crippen LogP contribution in [0.2, 0.25) is 0 Å². The molecule has 0 aromatic carbocycles. The van der Waals surface area contributed by atoms with Gasteiger partial charge >= 0.3 is 5.97 Å². The van der Waals surface area contributed by atoms with Crippen molar-refractivity contribution < 1.29 is 9.90 Å². The molecule has 0 aromatic heterocycles. The molecule has 1 heterocycles. The van der Waals surface area contributed by atoms with E-state index >= 15 is 0 Å². The zero-order valence-electron chi connectivity index (χ0n) is 8.83. The van der Waals surface area contributed by atoms with Crippen molar-refractivity contribution in [2.75, 3.05) is 13.1 Å². The highest BCUT2D eigenvalue weighted by Crippen LogP contribution is 2.50.